The molecule has 2 aliphatic rings. The van der Waals surface area contributed by atoms with Gasteiger partial charge in [-0.2, -0.15) is 0 Å². The molecular weight excluding hydrogens is 787 g/mol. The third-order valence-electron chi connectivity index (χ3n) is 13.5. The molecule has 1 N–H and O–H groups in total. The predicted molar refractivity (Wildman–Crippen MR) is 270 cm³/mol. The minimum atomic E-state index is -0.725. The van der Waals surface area contributed by atoms with Gasteiger partial charge in [-0.3, -0.25) is 14.4 Å². The molecule has 0 aromatic carbocycles. The molecule has 0 aromatic rings. The van der Waals surface area contributed by atoms with E-state index in [9.17, 15) is 24.0 Å². The van der Waals surface area contributed by atoms with Crippen LogP contribution < -0.4 is 0 Å². The summed E-state index contributed by atoms with van der Waals surface area (Å²) < 4.78 is 5.39. The standard InChI is InChI=1S/C14H27NO2.C11H22O.C10H20.C7H14O2.C7H14O.C6H12O/c1-13(2,3)11-7-9-15(10-8-11)12(16)17-14(4,5)6;1-9(12)7-8-11(5,6)10(2,3)4;1-10(2,3)9-7-5-4-6-8-9;1-5(2)7(3,4)6(8)9;1-5-6(8)7(2,3)4;1-5(7)6(2,3)4/h11H,7-10H2,1-6H3;7-8H2,1-6H3;9H,4-8H2,1-3H3;5H,1-4H3,(H,8,9);5H2,1-4H3;1-4H3. The number of rotatable bonds is 6. The van der Waals surface area contributed by atoms with Gasteiger partial charge in [0.25, 0.3) is 0 Å². The number of carbonyl (C=O) groups excluding carboxylic acids is 4. The normalized spacial score (nSPS) is 15.8. The molecule has 8 heteroatoms. The van der Waals surface area contributed by atoms with Gasteiger partial charge in [0.05, 0.1) is 5.41 Å². The van der Waals surface area contributed by atoms with Gasteiger partial charge in [-0.1, -0.05) is 158 Å². The van der Waals surface area contributed by atoms with Crippen molar-refractivity contribution in [3.8, 4) is 0 Å². The molecule has 0 atom stereocenters. The fourth-order valence-electron chi connectivity index (χ4n) is 5.86. The lowest BCUT2D eigenvalue weighted by Crippen LogP contribution is -2.43. The Labute approximate surface area is 392 Å². The lowest BCUT2D eigenvalue weighted by molar-refractivity contribution is -0.149. The second kappa shape index (κ2) is 28.0. The zero-order valence-electron chi connectivity index (χ0n) is 47.1. The van der Waals surface area contributed by atoms with Gasteiger partial charge in [-0.05, 0) is 120 Å². The van der Waals surface area contributed by atoms with Gasteiger partial charge in [0.1, 0.15) is 23.0 Å². The van der Waals surface area contributed by atoms with Crippen molar-refractivity contribution in [1.82, 2.24) is 4.90 Å². The molecule has 2 rings (SSSR count). The lowest BCUT2D eigenvalue weighted by atomic mass is 9.67. The largest absolute Gasteiger partial charge is 0.481 e. The summed E-state index contributed by atoms with van der Waals surface area (Å²) in [7, 11) is 0. The van der Waals surface area contributed by atoms with Crippen LogP contribution in [-0.4, -0.2) is 58.1 Å². The summed E-state index contributed by atoms with van der Waals surface area (Å²) in [6.45, 7) is 56.5. The van der Waals surface area contributed by atoms with Crippen molar-refractivity contribution >= 4 is 29.4 Å². The minimum absolute atomic E-state index is 0.130. The molecule has 1 aliphatic heterocycles. The number of carboxylic acid groups (broad SMARTS) is 1. The highest BCUT2D eigenvalue weighted by Gasteiger charge is 2.34. The molecular formula is C55H109NO7. The Bertz CT molecular complexity index is 1320. The summed E-state index contributed by atoms with van der Waals surface area (Å²) in [6.07, 6.45) is 11.7. The van der Waals surface area contributed by atoms with E-state index in [-0.39, 0.29) is 39.5 Å². The fourth-order valence-corrected chi connectivity index (χ4v) is 5.86. The number of hydrogen-bond donors (Lipinski definition) is 1. The van der Waals surface area contributed by atoms with E-state index in [0.29, 0.717) is 41.2 Å². The van der Waals surface area contributed by atoms with Crippen LogP contribution in [0.3, 0.4) is 0 Å². The lowest BCUT2D eigenvalue weighted by Gasteiger charge is -2.39. The van der Waals surface area contributed by atoms with Gasteiger partial charge < -0.3 is 19.5 Å². The topological polar surface area (TPSA) is 118 Å². The summed E-state index contributed by atoms with van der Waals surface area (Å²) in [6, 6.07) is 0. The van der Waals surface area contributed by atoms with Crippen molar-refractivity contribution in [3.05, 3.63) is 0 Å². The van der Waals surface area contributed by atoms with E-state index >= 15 is 0 Å². The molecule has 1 saturated carbocycles. The van der Waals surface area contributed by atoms with Crippen LogP contribution in [-0.2, 0) is 23.9 Å². The smallest absolute Gasteiger partial charge is 0.410 e. The van der Waals surface area contributed by atoms with E-state index in [1.54, 1.807) is 27.7 Å². The molecule has 2 fully saturated rings. The Kier molecular flexibility index (Phi) is 30.0. The number of hydrogen-bond acceptors (Lipinski definition) is 6. The molecule has 0 bridgehead atoms. The van der Waals surface area contributed by atoms with Gasteiger partial charge in [0.15, 0.2) is 0 Å². The van der Waals surface area contributed by atoms with Gasteiger partial charge in [0, 0.05) is 36.8 Å². The summed E-state index contributed by atoms with van der Waals surface area (Å²) in [4.78, 5) is 56.3. The van der Waals surface area contributed by atoms with Crippen molar-refractivity contribution < 1.29 is 33.8 Å². The Hall–Kier alpha value is -2.25. The summed E-state index contributed by atoms with van der Waals surface area (Å²) in [5.74, 6) is 2.05. The van der Waals surface area contributed by atoms with Crippen LogP contribution in [0.2, 0.25) is 0 Å². The van der Waals surface area contributed by atoms with Crippen molar-refractivity contribution in [1.29, 1.82) is 0 Å². The molecule has 0 aromatic heterocycles. The molecule has 0 spiro atoms. The monoisotopic (exact) mass is 896 g/mol. The highest BCUT2D eigenvalue weighted by atomic mass is 16.6. The number of Topliss-reactive ketones (excluding diaryl/α,β-unsaturated/α-hetero) is 3. The predicted octanol–water partition coefficient (Wildman–Crippen LogP) is 16.1. The summed E-state index contributed by atoms with van der Waals surface area (Å²) in [5.41, 5.74) is 0.203. The second-order valence-corrected chi connectivity index (χ2v) is 26.2. The molecule has 1 amide bonds. The average Bonchev–Trinajstić information content (AvgIpc) is 3.09. The van der Waals surface area contributed by atoms with Gasteiger partial charge in [-0.25, -0.2) is 4.79 Å². The SMILES string of the molecule is CC(=O)C(C)(C)C.CC(=O)CCC(C)(C)C(C)(C)C.CC(C)(C)C1CCCCC1.CC(C)(C)OC(=O)N1CCC(C(C)(C)C)CC1.CC(C)C(C)(C)C(=O)O.CCC(=O)C(C)(C)C. The number of carboxylic acids is 1. The van der Waals surface area contributed by atoms with Crippen LogP contribution in [0.4, 0.5) is 4.79 Å². The average molecular weight is 896 g/mol. The fraction of sp³-hybridized carbons (Fsp3) is 0.909. The Morgan fingerprint density at radius 2 is 0.968 bits per heavy atom. The minimum Gasteiger partial charge on any atom is -0.481 e. The maximum atomic E-state index is 11.9. The van der Waals surface area contributed by atoms with Crippen LogP contribution in [0.25, 0.3) is 0 Å². The Morgan fingerprint density at radius 3 is 1.16 bits per heavy atom. The maximum Gasteiger partial charge on any atom is 0.410 e. The summed E-state index contributed by atoms with van der Waals surface area (Å²) >= 11 is 0. The van der Waals surface area contributed by atoms with Crippen molar-refractivity contribution in [3.63, 3.8) is 0 Å². The Balaban J connectivity index is -0.000000341. The molecule has 1 saturated heterocycles. The number of ketones is 3. The second-order valence-electron chi connectivity index (χ2n) is 26.2. The summed E-state index contributed by atoms with van der Waals surface area (Å²) in [5, 5.41) is 8.61. The number of likely N-dealkylation sites (tertiary alicyclic amines) is 1. The van der Waals surface area contributed by atoms with Crippen molar-refractivity contribution in [2.75, 3.05) is 13.1 Å². The number of piperidine rings is 1. The first-order valence-corrected chi connectivity index (χ1v) is 24.4. The maximum absolute atomic E-state index is 11.9. The zero-order valence-corrected chi connectivity index (χ0v) is 47.1. The third-order valence-corrected chi connectivity index (χ3v) is 13.5. The van der Waals surface area contributed by atoms with E-state index in [4.69, 9.17) is 9.84 Å². The van der Waals surface area contributed by atoms with Crippen molar-refractivity contribution in [2.45, 2.75) is 257 Å². The first-order valence-electron chi connectivity index (χ1n) is 24.4. The van der Waals surface area contributed by atoms with Gasteiger partial charge in [-0.15, -0.1) is 0 Å². The number of nitrogens with zero attached hydrogens (tertiary/aromatic N) is 1. The van der Waals surface area contributed by atoms with Crippen LogP contribution in [0, 0.1) is 55.7 Å². The van der Waals surface area contributed by atoms with Crippen LogP contribution in [0.1, 0.15) is 251 Å². The number of aliphatic carboxylic acids is 1. The molecule has 0 unspecified atom stereocenters. The highest BCUT2D eigenvalue weighted by molar-refractivity contribution is 5.83. The Morgan fingerprint density at radius 1 is 0.603 bits per heavy atom. The van der Waals surface area contributed by atoms with E-state index in [0.717, 1.165) is 38.3 Å². The number of carbonyl (C=O) groups is 5. The van der Waals surface area contributed by atoms with E-state index < -0.39 is 17.0 Å². The van der Waals surface area contributed by atoms with Gasteiger partial charge in [0.2, 0.25) is 0 Å². The number of ether oxygens (including phenoxy) is 1. The molecule has 1 heterocycles. The van der Waals surface area contributed by atoms with Crippen LogP contribution in [0.5, 0.6) is 0 Å². The highest BCUT2D eigenvalue weighted by Crippen LogP contribution is 2.41. The molecule has 63 heavy (non-hydrogen) atoms. The van der Waals surface area contributed by atoms with Crippen molar-refractivity contribution in [2.24, 2.45) is 55.7 Å². The molecule has 8 nitrogen and oxygen atoms in total. The quantitative estimate of drug-likeness (QED) is 0.282. The molecule has 376 valence electrons. The first kappa shape index (κ1) is 67.3. The van der Waals surface area contributed by atoms with Gasteiger partial charge >= 0.3 is 12.1 Å². The number of amides is 1. The van der Waals surface area contributed by atoms with Crippen LogP contribution >= 0.6 is 0 Å². The molecule has 1 aliphatic carbocycles. The van der Waals surface area contributed by atoms with Crippen LogP contribution in [0.15, 0.2) is 0 Å². The molecule has 0 radical (unpaired) electrons. The van der Waals surface area contributed by atoms with E-state index in [1.165, 1.54) is 32.1 Å². The zero-order chi connectivity index (χ0) is 51.4. The first-order chi connectivity index (χ1) is 27.7. The van der Waals surface area contributed by atoms with E-state index in [2.05, 4.69) is 76.2 Å². The van der Waals surface area contributed by atoms with E-state index in [1.807, 2.05) is 88.0 Å². The third kappa shape index (κ3) is 33.0.